The quantitative estimate of drug-likeness (QED) is 0.439. The Morgan fingerprint density at radius 2 is 2.15 bits per heavy atom. The highest BCUT2D eigenvalue weighted by molar-refractivity contribution is 9.10. The van der Waals surface area contributed by atoms with E-state index in [1.54, 1.807) is 23.5 Å². The number of carbonyl (C=O) groups is 1. The third-order valence-electron chi connectivity index (χ3n) is 4.12. The van der Waals surface area contributed by atoms with Crippen molar-refractivity contribution in [2.24, 2.45) is 0 Å². The standard InChI is InChI=1S/C18H19BrN4O3S/c1-21(2)7-6-20-18(24)15-9-16-17(14(19)11-27-16)22(15)10-12-4-3-5-13(8-12)23(25)26/h3-5,8-9,11H,6-7,10H2,1-2H3,(H,20,24). The molecule has 3 rings (SSSR count). The summed E-state index contributed by atoms with van der Waals surface area (Å²) in [5, 5.41) is 16.0. The van der Waals surface area contributed by atoms with Gasteiger partial charge in [0.15, 0.2) is 0 Å². The fourth-order valence-electron chi connectivity index (χ4n) is 2.82. The molecule has 142 valence electrons. The molecule has 2 heterocycles. The molecule has 1 amide bonds. The lowest BCUT2D eigenvalue weighted by molar-refractivity contribution is -0.384. The minimum Gasteiger partial charge on any atom is -0.349 e. The van der Waals surface area contributed by atoms with Crippen LogP contribution in [0.1, 0.15) is 16.1 Å². The van der Waals surface area contributed by atoms with E-state index >= 15 is 0 Å². The molecule has 27 heavy (non-hydrogen) atoms. The normalized spacial score (nSPS) is 11.3. The number of halogens is 1. The topological polar surface area (TPSA) is 80.4 Å². The summed E-state index contributed by atoms with van der Waals surface area (Å²) in [7, 11) is 3.90. The number of benzene rings is 1. The smallest absolute Gasteiger partial charge is 0.269 e. The third kappa shape index (κ3) is 4.37. The Balaban J connectivity index is 1.95. The van der Waals surface area contributed by atoms with E-state index in [4.69, 9.17) is 0 Å². The molecule has 1 aromatic carbocycles. The lowest BCUT2D eigenvalue weighted by Crippen LogP contribution is -2.32. The number of thiophene rings is 1. The lowest BCUT2D eigenvalue weighted by atomic mass is 10.2. The molecule has 0 atom stereocenters. The second-order valence-corrected chi connectivity index (χ2v) is 8.16. The number of hydrogen-bond acceptors (Lipinski definition) is 5. The van der Waals surface area contributed by atoms with Crippen LogP contribution in [0.25, 0.3) is 10.2 Å². The SMILES string of the molecule is CN(C)CCNC(=O)c1cc2scc(Br)c2n1Cc1cccc([N+](=O)[O-])c1. The highest BCUT2D eigenvalue weighted by Crippen LogP contribution is 2.34. The molecule has 0 bridgehead atoms. The number of carbonyl (C=O) groups excluding carboxylic acids is 1. The molecule has 7 nitrogen and oxygen atoms in total. The van der Waals surface area contributed by atoms with Crippen LogP contribution >= 0.6 is 27.3 Å². The molecule has 3 aromatic rings. The van der Waals surface area contributed by atoms with Crippen molar-refractivity contribution in [3.8, 4) is 0 Å². The van der Waals surface area contributed by atoms with Crippen LogP contribution in [-0.2, 0) is 6.54 Å². The number of hydrogen-bond donors (Lipinski definition) is 1. The van der Waals surface area contributed by atoms with Crippen molar-refractivity contribution in [2.45, 2.75) is 6.54 Å². The van der Waals surface area contributed by atoms with E-state index in [2.05, 4.69) is 21.2 Å². The predicted octanol–water partition coefficient (Wildman–Crippen LogP) is 3.71. The average Bonchev–Trinajstić information content (AvgIpc) is 3.15. The number of nitro groups is 1. The fraction of sp³-hybridized carbons (Fsp3) is 0.278. The van der Waals surface area contributed by atoms with Gasteiger partial charge in [0.1, 0.15) is 5.69 Å². The van der Waals surface area contributed by atoms with E-state index in [1.807, 2.05) is 41.1 Å². The number of rotatable bonds is 7. The number of fused-ring (bicyclic) bond motifs is 1. The Bertz CT molecular complexity index is 996. The summed E-state index contributed by atoms with van der Waals surface area (Å²) >= 11 is 5.10. The van der Waals surface area contributed by atoms with Crippen LogP contribution in [0.2, 0.25) is 0 Å². The van der Waals surface area contributed by atoms with Crippen LogP contribution in [0.4, 0.5) is 5.69 Å². The summed E-state index contributed by atoms with van der Waals surface area (Å²) in [4.78, 5) is 25.4. The molecule has 0 spiro atoms. The Labute approximate surface area is 168 Å². The monoisotopic (exact) mass is 450 g/mol. The molecule has 0 saturated carbocycles. The van der Waals surface area contributed by atoms with Gasteiger partial charge in [-0.3, -0.25) is 14.9 Å². The van der Waals surface area contributed by atoms with E-state index in [1.165, 1.54) is 6.07 Å². The number of nitro benzene ring substituents is 1. The molecule has 0 aliphatic heterocycles. The van der Waals surface area contributed by atoms with E-state index in [-0.39, 0.29) is 11.6 Å². The second-order valence-electron chi connectivity index (χ2n) is 6.40. The van der Waals surface area contributed by atoms with Crippen molar-refractivity contribution in [1.29, 1.82) is 0 Å². The first-order valence-electron chi connectivity index (χ1n) is 8.29. The maximum Gasteiger partial charge on any atom is 0.269 e. The first-order chi connectivity index (χ1) is 12.9. The molecule has 0 radical (unpaired) electrons. The van der Waals surface area contributed by atoms with Crippen LogP contribution in [0.5, 0.6) is 0 Å². The van der Waals surface area contributed by atoms with Gasteiger partial charge in [-0.1, -0.05) is 12.1 Å². The van der Waals surface area contributed by atoms with E-state index in [0.717, 1.165) is 26.8 Å². The maximum absolute atomic E-state index is 12.7. The number of non-ortho nitro benzene ring substituents is 1. The molecule has 0 saturated heterocycles. The average molecular weight is 451 g/mol. The largest absolute Gasteiger partial charge is 0.349 e. The molecule has 9 heteroatoms. The van der Waals surface area contributed by atoms with Crippen LogP contribution in [-0.4, -0.2) is 47.5 Å². The minimum atomic E-state index is -0.413. The van der Waals surface area contributed by atoms with E-state index in [0.29, 0.717) is 18.8 Å². The van der Waals surface area contributed by atoms with E-state index in [9.17, 15) is 14.9 Å². The highest BCUT2D eigenvalue weighted by atomic mass is 79.9. The van der Waals surface area contributed by atoms with Crippen LogP contribution < -0.4 is 5.32 Å². The van der Waals surface area contributed by atoms with Gasteiger partial charge in [-0.2, -0.15) is 0 Å². The van der Waals surface area contributed by atoms with Crippen LogP contribution in [0.15, 0.2) is 40.2 Å². The highest BCUT2D eigenvalue weighted by Gasteiger charge is 2.19. The summed E-state index contributed by atoms with van der Waals surface area (Å²) in [5.41, 5.74) is 2.27. The molecule has 2 aromatic heterocycles. The van der Waals surface area contributed by atoms with Gasteiger partial charge >= 0.3 is 0 Å². The molecule has 0 aliphatic rings. The van der Waals surface area contributed by atoms with Crippen LogP contribution in [0, 0.1) is 10.1 Å². The number of amides is 1. The number of aromatic nitrogens is 1. The van der Waals surface area contributed by atoms with Crippen molar-refractivity contribution in [3.63, 3.8) is 0 Å². The maximum atomic E-state index is 12.7. The lowest BCUT2D eigenvalue weighted by Gasteiger charge is -2.13. The summed E-state index contributed by atoms with van der Waals surface area (Å²) in [6, 6.07) is 8.36. The van der Waals surface area contributed by atoms with Crippen molar-refractivity contribution in [3.05, 3.63) is 61.6 Å². The molecule has 0 fully saturated rings. The number of nitrogens with zero attached hydrogens (tertiary/aromatic N) is 3. The summed E-state index contributed by atoms with van der Waals surface area (Å²) < 4.78 is 3.80. The Morgan fingerprint density at radius 3 is 2.85 bits per heavy atom. The second kappa shape index (κ2) is 8.20. The van der Waals surface area contributed by atoms with Crippen molar-refractivity contribution >= 4 is 49.1 Å². The number of nitrogens with one attached hydrogen (secondary N) is 1. The van der Waals surface area contributed by atoms with Gasteiger partial charge < -0.3 is 14.8 Å². The van der Waals surface area contributed by atoms with Gasteiger partial charge in [0, 0.05) is 37.1 Å². The van der Waals surface area contributed by atoms with Crippen molar-refractivity contribution in [1.82, 2.24) is 14.8 Å². The van der Waals surface area contributed by atoms with Crippen molar-refractivity contribution < 1.29 is 9.72 Å². The molecule has 1 N–H and O–H groups in total. The first-order valence-corrected chi connectivity index (χ1v) is 9.96. The minimum absolute atomic E-state index is 0.0391. The zero-order valence-electron chi connectivity index (χ0n) is 14.9. The van der Waals surface area contributed by atoms with E-state index < -0.39 is 4.92 Å². The Kier molecular flexibility index (Phi) is 5.93. The Morgan fingerprint density at radius 1 is 1.37 bits per heavy atom. The third-order valence-corrected chi connectivity index (χ3v) is 5.94. The zero-order chi connectivity index (χ0) is 19.6. The predicted molar refractivity (Wildman–Crippen MR) is 111 cm³/mol. The Hall–Kier alpha value is -2.23. The molecular formula is C18H19BrN4O3S. The van der Waals surface area contributed by atoms with Gasteiger partial charge in [0.05, 0.1) is 19.6 Å². The zero-order valence-corrected chi connectivity index (χ0v) is 17.3. The van der Waals surface area contributed by atoms with Gasteiger partial charge in [-0.15, -0.1) is 11.3 Å². The molecule has 0 unspecified atom stereocenters. The summed E-state index contributed by atoms with van der Waals surface area (Å²) in [5.74, 6) is -0.155. The summed E-state index contributed by atoms with van der Waals surface area (Å²) in [6.07, 6.45) is 0. The van der Waals surface area contributed by atoms with Crippen LogP contribution in [0.3, 0.4) is 0 Å². The summed E-state index contributed by atoms with van der Waals surface area (Å²) in [6.45, 7) is 1.66. The van der Waals surface area contributed by atoms with Crippen molar-refractivity contribution in [2.75, 3.05) is 27.2 Å². The first kappa shape index (κ1) is 19.5. The van der Waals surface area contributed by atoms with Gasteiger partial charge in [0.2, 0.25) is 0 Å². The number of likely N-dealkylation sites (N-methyl/N-ethyl adjacent to an activating group) is 1. The molecule has 0 aliphatic carbocycles. The molecular weight excluding hydrogens is 432 g/mol. The van der Waals surface area contributed by atoms with Gasteiger partial charge in [0.25, 0.3) is 11.6 Å². The van der Waals surface area contributed by atoms with Gasteiger partial charge in [-0.25, -0.2) is 0 Å². The van der Waals surface area contributed by atoms with Gasteiger partial charge in [-0.05, 0) is 41.7 Å². The fourth-order valence-corrected chi connectivity index (χ4v) is 4.51.